The van der Waals surface area contributed by atoms with E-state index >= 15 is 0 Å². The lowest BCUT2D eigenvalue weighted by molar-refractivity contribution is -0.133. The zero-order valence-electron chi connectivity index (χ0n) is 33.8. The molecule has 7 fully saturated rings. The van der Waals surface area contributed by atoms with Crippen molar-refractivity contribution in [3.63, 3.8) is 0 Å². The van der Waals surface area contributed by atoms with Gasteiger partial charge < -0.3 is 34.3 Å². The molecule has 0 aromatic carbocycles. The molecule has 7 amide bonds. The molecular weight excluding hydrogens is 715 g/mol. The second-order valence-electron chi connectivity index (χ2n) is 17.7. The molecule has 7 heterocycles. The zero-order valence-corrected chi connectivity index (χ0v) is 33.8. The smallest absolute Gasteiger partial charge is 0.222 e. The Balaban J connectivity index is 1.17. The fourth-order valence-corrected chi connectivity index (χ4v) is 11.2. The molecule has 7 rings (SSSR count). The van der Waals surface area contributed by atoms with Crippen molar-refractivity contribution in [3.05, 3.63) is 0 Å². The van der Waals surface area contributed by atoms with Crippen LogP contribution in [0.5, 0.6) is 0 Å². The summed E-state index contributed by atoms with van der Waals surface area (Å²) >= 11 is 0. The maximum absolute atomic E-state index is 13.7. The van der Waals surface area contributed by atoms with Crippen LogP contribution in [0.25, 0.3) is 0 Å². The van der Waals surface area contributed by atoms with Gasteiger partial charge in [0.15, 0.2) is 0 Å². The van der Waals surface area contributed by atoms with E-state index in [1.807, 2.05) is 34.3 Å². The Morgan fingerprint density at radius 2 is 0.643 bits per heavy atom. The van der Waals surface area contributed by atoms with Gasteiger partial charge in [-0.2, -0.15) is 0 Å². The first-order chi connectivity index (χ1) is 27.1. The first-order valence-electron chi connectivity index (χ1n) is 22.1. The molecule has 56 heavy (non-hydrogen) atoms. The summed E-state index contributed by atoms with van der Waals surface area (Å²) in [7, 11) is 0. The molecule has 0 bridgehead atoms. The first-order valence-corrected chi connectivity index (χ1v) is 22.1. The van der Waals surface area contributed by atoms with Gasteiger partial charge in [-0.3, -0.25) is 33.6 Å². The molecule has 14 nitrogen and oxygen atoms in total. The van der Waals surface area contributed by atoms with E-state index < -0.39 is 0 Å². The average molecular weight is 780 g/mol. The molecule has 7 saturated heterocycles. The Bertz CT molecular complexity index is 1510. The van der Waals surface area contributed by atoms with Crippen LogP contribution in [0.2, 0.25) is 0 Å². The lowest BCUT2D eigenvalue weighted by Gasteiger charge is -2.42. The van der Waals surface area contributed by atoms with Crippen molar-refractivity contribution in [2.75, 3.05) is 52.4 Å². The van der Waals surface area contributed by atoms with Crippen LogP contribution in [0.4, 0.5) is 0 Å². The molecule has 0 saturated carbocycles. The maximum Gasteiger partial charge on any atom is 0.222 e. The van der Waals surface area contributed by atoms with Gasteiger partial charge in [-0.05, 0) is 90.4 Å². The number of rotatable bonds is 19. The highest BCUT2D eigenvalue weighted by molar-refractivity contribution is 5.81. The number of amides is 7. The zero-order chi connectivity index (χ0) is 39.3. The lowest BCUT2D eigenvalue weighted by atomic mass is 9.88. The number of likely N-dealkylation sites (tertiary alicyclic amines) is 7. The average Bonchev–Trinajstić information content (AvgIpc) is 4.02. The summed E-state index contributed by atoms with van der Waals surface area (Å²) in [5.41, 5.74) is 0. The van der Waals surface area contributed by atoms with Crippen LogP contribution in [0.15, 0.2) is 0 Å². The van der Waals surface area contributed by atoms with Crippen molar-refractivity contribution in [1.29, 1.82) is 0 Å². The highest BCUT2D eigenvalue weighted by atomic mass is 16.2. The van der Waals surface area contributed by atoms with E-state index in [1.165, 1.54) is 0 Å². The summed E-state index contributed by atoms with van der Waals surface area (Å²) in [6, 6.07) is -1.02. The third-order valence-corrected chi connectivity index (χ3v) is 14.1. The molecule has 0 aromatic rings. The number of carbonyl (C=O) groups is 7. The lowest BCUT2D eigenvalue weighted by Crippen LogP contribution is -2.52. The fourth-order valence-electron chi connectivity index (χ4n) is 11.2. The minimum absolute atomic E-state index is 0.0408. The van der Waals surface area contributed by atoms with E-state index in [0.717, 1.165) is 58.0 Å². The second kappa shape index (κ2) is 18.3. The molecule has 0 spiro atoms. The van der Waals surface area contributed by atoms with Gasteiger partial charge in [-0.15, -0.1) is 0 Å². The first kappa shape index (κ1) is 40.5. The van der Waals surface area contributed by atoms with Gasteiger partial charge in [0.05, 0.1) is 0 Å². The molecule has 0 radical (unpaired) electrons. The van der Waals surface area contributed by atoms with Crippen LogP contribution in [-0.2, 0) is 33.6 Å². The van der Waals surface area contributed by atoms with Crippen LogP contribution in [0.1, 0.15) is 135 Å². The molecule has 0 aliphatic carbocycles. The van der Waals surface area contributed by atoms with Crippen molar-refractivity contribution < 1.29 is 33.6 Å². The Morgan fingerprint density at radius 1 is 0.357 bits per heavy atom. The molecule has 6 unspecified atom stereocenters. The monoisotopic (exact) mass is 779 g/mol. The van der Waals surface area contributed by atoms with Crippen LogP contribution >= 0.6 is 0 Å². The van der Waals surface area contributed by atoms with Gasteiger partial charge in [0.25, 0.3) is 0 Å². The summed E-state index contributed by atoms with van der Waals surface area (Å²) in [5.74, 6) is 0.871. The topological polar surface area (TPSA) is 142 Å². The van der Waals surface area contributed by atoms with Gasteiger partial charge in [0.2, 0.25) is 41.4 Å². The fraction of sp³-hybridized carbons (Fsp3) is 0.833. The van der Waals surface area contributed by atoms with Gasteiger partial charge in [0, 0.05) is 134 Å². The summed E-state index contributed by atoms with van der Waals surface area (Å²) in [5, 5.41) is 0. The van der Waals surface area contributed by atoms with Gasteiger partial charge in [0.1, 0.15) is 0 Å². The van der Waals surface area contributed by atoms with Gasteiger partial charge in [-0.1, -0.05) is 0 Å². The van der Waals surface area contributed by atoms with Gasteiger partial charge in [-0.25, -0.2) is 0 Å². The highest BCUT2D eigenvalue weighted by Gasteiger charge is 2.42. The SMILES string of the molecule is CC(CC(CC(CC(CC(CC(CCN1CCCC1=O)N1CCCC1=O)N1CCCC1=O)N1CCCC1=O)N1CCCC1=O)N1CCCC1=O)N1CCCC1=O. The Kier molecular flexibility index (Phi) is 13.2. The van der Waals surface area contributed by atoms with Crippen LogP contribution in [0, 0.1) is 0 Å². The largest absolute Gasteiger partial charge is 0.343 e. The highest BCUT2D eigenvalue weighted by Crippen LogP contribution is 2.34. The van der Waals surface area contributed by atoms with Gasteiger partial charge >= 0.3 is 0 Å². The Hall–Kier alpha value is -3.71. The number of nitrogens with zero attached hydrogens (tertiary/aromatic N) is 7. The quantitative estimate of drug-likeness (QED) is 0.196. The van der Waals surface area contributed by atoms with E-state index in [1.54, 1.807) is 0 Å². The third-order valence-electron chi connectivity index (χ3n) is 14.1. The maximum atomic E-state index is 13.7. The number of carbonyl (C=O) groups excluding carboxylic acids is 7. The summed E-state index contributed by atoms with van der Waals surface area (Å²) < 4.78 is 0. The van der Waals surface area contributed by atoms with E-state index in [2.05, 4.69) is 6.92 Å². The third kappa shape index (κ3) is 9.19. The van der Waals surface area contributed by atoms with Crippen LogP contribution < -0.4 is 0 Å². The predicted octanol–water partition coefficient (Wildman–Crippen LogP) is 2.92. The molecule has 6 atom stereocenters. The molecule has 14 heteroatoms. The molecule has 310 valence electrons. The van der Waals surface area contributed by atoms with E-state index in [-0.39, 0.29) is 77.6 Å². The van der Waals surface area contributed by atoms with Crippen molar-refractivity contribution in [2.24, 2.45) is 0 Å². The standard InChI is InChI=1S/C42H65N7O7/c1-30(44-18-3-10-37(44)51)25-32(46-20-5-12-39(46)53)27-34(48-22-7-14-41(48)55)29-35(49-23-8-15-42(49)56)28-33(47-21-6-13-40(47)54)26-31(45-19-4-11-38(45)52)16-24-43-17-2-9-36(43)50/h30-35H,2-29H2,1H3. The van der Waals surface area contributed by atoms with E-state index in [9.17, 15) is 33.6 Å². The molecule has 0 N–H and O–H groups in total. The minimum atomic E-state index is -0.246. The van der Waals surface area contributed by atoms with Crippen molar-refractivity contribution in [1.82, 2.24) is 34.3 Å². The van der Waals surface area contributed by atoms with Crippen LogP contribution in [-0.4, -0.2) is 164 Å². The predicted molar refractivity (Wildman–Crippen MR) is 208 cm³/mol. The summed E-state index contributed by atoms with van der Waals surface area (Å²) in [4.78, 5) is 107. The molecule has 0 aromatic heterocycles. The molecular formula is C42H65N7O7. The summed E-state index contributed by atoms with van der Waals surface area (Å²) in [6.45, 7) is 7.35. The van der Waals surface area contributed by atoms with E-state index in [4.69, 9.17) is 0 Å². The van der Waals surface area contributed by atoms with Crippen LogP contribution in [0.3, 0.4) is 0 Å². The van der Waals surface area contributed by atoms with E-state index in [0.29, 0.717) is 123 Å². The normalized spacial score (nSPS) is 25.6. The van der Waals surface area contributed by atoms with Crippen molar-refractivity contribution in [2.45, 2.75) is 172 Å². The van der Waals surface area contributed by atoms with Crippen molar-refractivity contribution >= 4 is 41.4 Å². The number of hydrogen-bond donors (Lipinski definition) is 0. The summed E-state index contributed by atoms with van der Waals surface area (Å²) in [6.07, 6.45) is 12.7. The molecule has 7 aliphatic rings. The Morgan fingerprint density at radius 3 is 0.964 bits per heavy atom. The second-order valence-corrected chi connectivity index (χ2v) is 17.7. The van der Waals surface area contributed by atoms with Crippen molar-refractivity contribution in [3.8, 4) is 0 Å². The molecule has 7 aliphatic heterocycles. The Labute approximate surface area is 332 Å². The minimum Gasteiger partial charge on any atom is -0.343 e. The number of hydrogen-bond acceptors (Lipinski definition) is 7.